The van der Waals surface area contributed by atoms with Crippen LogP contribution in [0.2, 0.25) is 0 Å². The lowest BCUT2D eigenvalue weighted by Gasteiger charge is -2.21. The molecule has 2 nitrogen and oxygen atoms in total. The highest BCUT2D eigenvalue weighted by molar-refractivity contribution is 4.62. The molecule has 0 spiro atoms. The molecule has 1 fully saturated rings. The van der Waals surface area contributed by atoms with Crippen molar-refractivity contribution in [3.63, 3.8) is 0 Å². The van der Waals surface area contributed by atoms with E-state index in [-0.39, 0.29) is 0 Å². The summed E-state index contributed by atoms with van der Waals surface area (Å²) in [5, 5.41) is 2.99. The van der Waals surface area contributed by atoms with Crippen LogP contribution in [0.1, 0.15) is 2.74 Å². The molecular formula is C5H12N2. The Hall–Kier alpha value is -0.0800. The second kappa shape index (κ2) is 2.28. The van der Waals surface area contributed by atoms with Crippen molar-refractivity contribution >= 4 is 0 Å². The van der Waals surface area contributed by atoms with Crippen molar-refractivity contribution in [1.82, 2.24) is 10.2 Å². The van der Waals surface area contributed by atoms with Gasteiger partial charge in [0, 0.05) is 28.9 Å². The van der Waals surface area contributed by atoms with Gasteiger partial charge >= 0.3 is 0 Å². The first-order valence-corrected chi connectivity index (χ1v) is 2.55. The number of nitrogens with one attached hydrogen (secondary N) is 1. The molecule has 0 amide bonds. The molecule has 2 heteroatoms. The zero-order chi connectivity index (χ0) is 6.91. The van der Waals surface area contributed by atoms with Crippen molar-refractivity contribution in [3.8, 4) is 0 Å². The van der Waals surface area contributed by atoms with Crippen LogP contribution in [0, 0.1) is 0 Å². The van der Waals surface area contributed by atoms with Crippen molar-refractivity contribution in [3.05, 3.63) is 0 Å². The first-order chi connectivity index (χ1) is 4.13. The SMILES string of the molecule is [2H]C1([2H])CNCCN1C. The fraction of sp³-hybridized carbons (Fsp3) is 1.00. The molecule has 1 heterocycles. The predicted molar refractivity (Wildman–Crippen MR) is 30.4 cm³/mol. The number of likely N-dealkylation sites (N-methyl/N-ethyl adjacent to an activating group) is 1. The molecular weight excluding hydrogens is 88.1 g/mol. The van der Waals surface area contributed by atoms with E-state index in [2.05, 4.69) is 5.32 Å². The van der Waals surface area contributed by atoms with Crippen LogP contribution in [0.3, 0.4) is 0 Å². The minimum atomic E-state index is -1.14. The first kappa shape index (κ1) is 3.05. The second-order valence-corrected chi connectivity index (χ2v) is 1.76. The molecule has 0 aromatic rings. The van der Waals surface area contributed by atoms with Crippen LogP contribution in [-0.2, 0) is 0 Å². The molecule has 7 heavy (non-hydrogen) atoms. The van der Waals surface area contributed by atoms with E-state index in [1.54, 1.807) is 11.9 Å². The van der Waals surface area contributed by atoms with E-state index in [0.29, 0.717) is 6.54 Å². The summed E-state index contributed by atoms with van der Waals surface area (Å²) >= 11 is 0. The Balaban J connectivity index is 2.49. The third kappa shape index (κ3) is 1.45. The van der Waals surface area contributed by atoms with Crippen molar-refractivity contribution in [2.45, 2.75) is 0 Å². The van der Waals surface area contributed by atoms with Gasteiger partial charge in [-0.3, -0.25) is 0 Å². The summed E-state index contributed by atoms with van der Waals surface area (Å²) in [6.45, 7) is 1.00. The topological polar surface area (TPSA) is 15.3 Å². The minimum absolute atomic E-state index is 0.448. The van der Waals surface area contributed by atoms with Gasteiger partial charge in [0.15, 0.2) is 0 Å². The van der Waals surface area contributed by atoms with Gasteiger partial charge < -0.3 is 10.2 Å². The summed E-state index contributed by atoms with van der Waals surface area (Å²) < 4.78 is 14.7. The van der Waals surface area contributed by atoms with Crippen LogP contribution in [0.15, 0.2) is 0 Å². The van der Waals surface area contributed by atoms with Crippen molar-refractivity contribution in [2.24, 2.45) is 0 Å². The highest BCUT2D eigenvalue weighted by Crippen LogP contribution is 1.82. The fourth-order valence-corrected chi connectivity index (χ4v) is 0.605. The fourth-order valence-electron chi connectivity index (χ4n) is 0.605. The smallest absolute Gasteiger partial charge is 0.0444 e. The monoisotopic (exact) mass is 102 g/mol. The Kier molecular flexibility index (Phi) is 0.995. The highest BCUT2D eigenvalue weighted by atomic mass is 15.2. The quantitative estimate of drug-likeness (QED) is 0.444. The van der Waals surface area contributed by atoms with Crippen molar-refractivity contribution in [1.29, 1.82) is 0 Å². The molecule has 42 valence electrons. The van der Waals surface area contributed by atoms with Crippen LogP contribution in [0.5, 0.6) is 0 Å². The molecule has 1 N–H and O–H groups in total. The van der Waals surface area contributed by atoms with Gasteiger partial charge in [-0.1, -0.05) is 0 Å². The van der Waals surface area contributed by atoms with Crippen LogP contribution in [0.25, 0.3) is 0 Å². The maximum atomic E-state index is 7.36. The number of hydrogen-bond acceptors (Lipinski definition) is 2. The van der Waals surface area contributed by atoms with Gasteiger partial charge in [-0.15, -0.1) is 0 Å². The Morgan fingerprint density at radius 1 is 1.71 bits per heavy atom. The van der Waals surface area contributed by atoms with Gasteiger partial charge in [0.2, 0.25) is 0 Å². The zero-order valence-electron chi connectivity index (χ0n) is 6.57. The van der Waals surface area contributed by atoms with Gasteiger partial charge in [0.1, 0.15) is 0 Å². The summed E-state index contributed by atoms with van der Waals surface area (Å²) in [5.41, 5.74) is 0. The Bertz CT molecular complexity index is 105. The van der Waals surface area contributed by atoms with Gasteiger partial charge in [-0.2, -0.15) is 0 Å². The molecule has 1 saturated heterocycles. The molecule has 0 atom stereocenters. The summed E-state index contributed by atoms with van der Waals surface area (Å²) in [6, 6.07) is 0. The van der Waals surface area contributed by atoms with Crippen molar-refractivity contribution in [2.75, 3.05) is 33.2 Å². The van der Waals surface area contributed by atoms with Gasteiger partial charge in [0.25, 0.3) is 0 Å². The van der Waals surface area contributed by atoms with Crippen LogP contribution in [0.4, 0.5) is 0 Å². The normalized spacial score (nSPS) is 36.7. The molecule has 1 aliphatic heterocycles. The van der Waals surface area contributed by atoms with Crippen LogP contribution >= 0.6 is 0 Å². The van der Waals surface area contributed by atoms with E-state index in [9.17, 15) is 0 Å². The van der Waals surface area contributed by atoms with Gasteiger partial charge in [-0.25, -0.2) is 0 Å². The Labute approximate surface area is 47.3 Å². The maximum Gasteiger partial charge on any atom is 0.0444 e. The average Bonchev–Trinajstić information content (AvgIpc) is 1.77. The molecule has 1 rings (SSSR count). The Morgan fingerprint density at radius 2 is 2.57 bits per heavy atom. The Morgan fingerprint density at radius 3 is 3.00 bits per heavy atom. The van der Waals surface area contributed by atoms with Crippen LogP contribution in [-0.4, -0.2) is 38.1 Å². The molecule has 0 saturated carbocycles. The predicted octanol–water partition coefficient (Wildman–Crippen LogP) is -0.479. The largest absolute Gasteiger partial charge is 0.314 e. The average molecular weight is 102 g/mol. The molecule has 0 aliphatic carbocycles. The number of hydrogen-bond donors (Lipinski definition) is 1. The second-order valence-electron chi connectivity index (χ2n) is 1.76. The zero-order valence-corrected chi connectivity index (χ0v) is 4.57. The summed E-state index contributed by atoms with van der Waals surface area (Å²) in [7, 11) is 1.81. The summed E-state index contributed by atoms with van der Waals surface area (Å²) in [5.74, 6) is 0. The molecule has 1 aliphatic rings. The van der Waals surface area contributed by atoms with Gasteiger partial charge in [-0.05, 0) is 7.05 Å². The van der Waals surface area contributed by atoms with Crippen LogP contribution < -0.4 is 5.32 Å². The number of nitrogens with zero attached hydrogens (tertiary/aromatic N) is 1. The number of piperazine rings is 1. The summed E-state index contributed by atoms with van der Waals surface area (Å²) in [4.78, 5) is 1.73. The molecule has 0 bridgehead atoms. The lowest BCUT2D eigenvalue weighted by Crippen LogP contribution is -2.40. The third-order valence-corrected chi connectivity index (χ3v) is 1.10. The lowest BCUT2D eigenvalue weighted by molar-refractivity contribution is 0.291. The van der Waals surface area contributed by atoms with E-state index in [0.717, 1.165) is 13.1 Å². The summed E-state index contributed by atoms with van der Waals surface area (Å²) in [6.07, 6.45) is 0. The highest BCUT2D eigenvalue weighted by Gasteiger charge is 2.01. The van der Waals surface area contributed by atoms with E-state index in [1.165, 1.54) is 0 Å². The third-order valence-electron chi connectivity index (χ3n) is 1.10. The number of rotatable bonds is 0. The molecule has 0 unspecified atom stereocenters. The van der Waals surface area contributed by atoms with E-state index in [1.807, 2.05) is 0 Å². The maximum absolute atomic E-state index is 7.36. The van der Waals surface area contributed by atoms with Gasteiger partial charge in [0.05, 0.1) is 0 Å². The molecule has 0 aromatic heterocycles. The first-order valence-electron chi connectivity index (χ1n) is 3.55. The van der Waals surface area contributed by atoms with E-state index in [4.69, 9.17) is 2.74 Å². The van der Waals surface area contributed by atoms with E-state index >= 15 is 0 Å². The molecule has 0 radical (unpaired) electrons. The standard InChI is InChI=1S/C5H12N2/c1-7-4-2-6-3-5-7/h6H,2-5H2,1H3/i4D2. The van der Waals surface area contributed by atoms with Crippen molar-refractivity contribution < 1.29 is 2.74 Å². The van der Waals surface area contributed by atoms with E-state index < -0.39 is 6.50 Å². The molecule has 0 aromatic carbocycles. The minimum Gasteiger partial charge on any atom is -0.314 e. The lowest BCUT2D eigenvalue weighted by atomic mass is 10.4.